The molecule has 0 radical (unpaired) electrons. The lowest BCUT2D eigenvalue weighted by molar-refractivity contribution is -0.134. The van der Waals surface area contributed by atoms with Gasteiger partial charge in [-0.15, -0.1) is 0 Å². The molecule has 1 aromatic rings. The predicted octanol–water partition coefficient (Wildman–Crippen LogP) is 2.53. The maximum Gasteiger partial charge on any atom is 0.240 e. The number of benzene rings is 1. The third-order valence-corrected chi connectivity index (χ3v) is 5.55. The fourth-order valence-corrected chi connectivity index (χ4v) is 4.40. The van der Waals surface area contributed by atoms with E-state index in [2.05, 4.69) is 4.72 Å². The molecule has 1 aliphatic heterocycles. The minimum Gasteiger partial charge on any atom is -0.341 e. The Labute approximate surface area is 145 Å². The molecule has 1 aromatic carbocycles. The van der Waals surface area contributed by atoms with Gasteiger partial charge in [0.2, 0.25) is 15.9 Å². The van der Waals surface area contributed by atoms with E-state index in [9.17, 15) is 13.2 Å². The molecule has 0 aromatic heterocycles. The van der Waals surface area contributed by atoms with Crippen LogP contribution in [0.3, 0.4) is 0 Å². The van der Waals surface area contributed by atoms with Crippen molar-refractivity contribution in [1.82, 2.24) is 9.62 Å². The van der Waals surface area contributed by atoms with E-state index in [-0.39, 0.29) is 17.6 Å². The first-order chi connectivity index (χ1) is 11.4. The van der Waals surface area contributed by atoms with Crippen molar-refractivity contribution < 1.29 is 13.2 Å². The first-order valence-electron chi connectivity index (χ1n) is 8.70. The molecule has 0 unspecified atom stereocenters. The molecular weight excluding hydrogens is 324 g/mol. The quantitative estimate of drug-likeness (QED) is 0.820. The third kappa shape index (κ3) is 5.91. The van der Waals surface area contributed by atoms with Gasteiger partial charge < -0.3 is 4.90 Å². The zero-order chi connectivity index (χ0) is 17.6. The van der Waals surface area contributed by atoms with Gasteiger partial charge in [0.1, 0.15) is 6.04 Å². The monoisotopic (exact) mass is 352 g/mol. The Balaban J connectivity index is 2.07. The standard InChI is InChI=1S/C18H28N2O3S/c1-15(2)13-17(18(21)20-11-7-4-8-12-20)19-24(22,23)14-16-9-5-3-6-10-16/h3,5-6,9-10,15,17,19H,4,7-8,11-14H2,1-2H3/t17-/m0/s1. The van der Waals surface area contributed by atoms with Gasteiger partial charge in [-0.2, -0.15) is 0 Å². The van der Waals surface area contributed by atoms with E-state index in [1.54, 1.807) is 12.1 Å². The number of hydrogen-bond donors (Lipinski definition) is 1. The Morgan fingerprint density at radius 1 is 1.12 bits per heavy atom. The van der Waals surface area contributed by atoms with Gasteiger partial charge in [-0.05, 0) is 37.2 Å². The van der Waals surface area contributed by atoms with Crippen molar-refractivity contribution in [3.63, 3.8) is 0 Å². The number of nitrogens with one attached hydrogen (secondary N) is 1. The topological polar surface area (TPSA) is 66.5 Å². The number of sulfonamides is 1. The summed E-state index contributed by atoms with van der Waals surface area (Å²) in [6.07, 6.45) is 3.65. The van der Waals surface area contributed by atoms with Crippen molar-refractivity contribution in [2.75, 3.05) is 13.1 Å². The van der Waals surface area contributed by atoms with Gasteiger partial charge in [-0.1, -0.05) is 44.2 Å². The molecule has 0 aliphatic carbocycles. The first kappa shape index (κ1) is 18.9. The largest absolute Gasteiger partial charge is 0.341 e. The number of piperidine rings is 1. The number of rotatable bonds is 7. The summed E-state index contributed by atoms with van der Waals surface area (Å²) in [6, 6.07) is 8.37. The van der Waals surface area contributed by atoms with E-state index in [1.165, 1.54) is 0 Å². The molecule has 0 bridgehead atoms. The average molecular weight is 353 g/mol. The van der Waals surface area contributed by atoms with Crippen molar-refractivity contribution in [1.29, 1.82) is 0 Å². The van der Waals surface area contributed by atoms with E-state index < -0.39 is 16.1 Å². The van der Waals surface area contributed by atoms with Crippen molar-refractivity contribution in [3.05, 3.63) is 35.9 Å². The van der Waals surface area contributed by atoms with Crippen molar-refractivity contribution in [2.24, 2.45) is 5.92 Å². The zero-order valence-electron chi connectivity index (χ0n) is 14.6. The van der Waals surface area contributed by atoms with Crippen LogP contribution in [-0.2, 0) is 20.6 Å². The predicted molar refractivity (Wildman–Crippen MR) is 95.9 cm³/mol. The van der Waals surface area contributed by atoms with Crippen LogP contribution in [0.15, 0.2) is 30.3 Å². The van der Waals surface area contributed by atoms with Gasteiger partial charge in [0.15, 0.2) is 0 Å². The van der Waals surface area contributed by atoms with E-state index in [4.69, 9.17) is 0 Å². The van der Waals surface area contributed by atoms with Gasteiger partial charge >= 0.3 is 0 Å². The Hall–Kier alpha value is -1.40. The number of likely N-dealkylation sites (tertiary alicyclic amines) is 1. The summed E-state index contributed by atoms with van der Waals surface area (Å²) in [4.78, 5) is 14.6. The summed E-state index contributed by atoms with van der Waals surface area (Å²) in [5.74, 6) is 0.0543. The molecule has 1 saturated heterocycles. The van der Waals surface area contributed by atoms with Gasteiger partial charge in [-0.3, -0.25) is 4.79 Å². The zero-order valence-corrected chi connectivity index (χ0v) is 15.4. The first-order valence-corrected chi connectivity index (χ1v) is 10.4. The lowest BCUT2D eigenvalue weighted by Gasteiger charge is -2.31. The number of carbonyl (C=O) groups is 1. The van der Waals surface area contributed by atoms with Crippen molar-refractivity contribution >= 4 is 15.9 Å². The van der Waals surface area contributed by atoms with Gasteiger partial charge in [0, 0.05) is 13.1 Å². The Morgan fingerprint density at radius 3 is 2.33 bits per heavy atom. The van der Waals surface area contributed by atoms with Crippen LogP contribution in [0.4, 0.5) is 0 Å². The van der Waals surface area contributed by atoms with Crippen LogP contribution in [0.5, 0.6) is 0 Å². The minimum absolute atomic E-state index is 0.0833. The second-order valence-corrected chi connectivity index (χ2v) is 8.68. The molecule has 1 heterocycles. The Morgan fingerprint density at radius 2 is 1.75 bits per heavy atom. The molecule has 2 rings (SSSR count). The van der Waals surface area contributed by atoms with E-state index in [0.29, 0.717) is 6.42 Å². The van der Waals surface area contributed by atoms with Gasteiger partial charge in [-0.25, -0.2) is 13.1 Å². The minimum atomic E-state index is -3.56. The second kappa shape index (κ2) is 8.62. The third-order valence-electron chi connectivity index (χ3n) is 4.19. The smallest absolute Gasteiger partial charge is 0.240 e. The summed E-state index contributed by atoms with van der Waals surface area (Å²) >= 11 is 0. The summed E-state index contributed by atoms with van der Waals surface area (Å²) < 4.78 is 27.6. The molecule has 1 fully saturated rings. The van der Waals surface area contributed by atoms with Crippen LogP contribution < -0.4 is 4.72 Å². The van der Waals surface area contributed by atoms with Crippen LogP contribution >= 0.6 is 0 Å². The molecule has 24 heavy (non-hydrogen) atoms. The fourth-order valence-electron chi connectivity index (χ4n) is 3.06. The average Bonchev–Trinajstić information content (AvgIpc) is 2.54. The molecule has 1 atom stereocenters. The Bertz CT molecular complexity index is 623. The summed E-state index contributed by atoms with van der Waals surface area (Å²) in [7, 11) is -3.56. The number of carbonyl (C=O) groups excluding carboxylic acids is 1. The molecule has 1 N–H and O–H groups in total. The fraction of sp³-hybridized carbons (Fsp3) is 0.611. The molecule has 5 nitrogen and oxygen atoms in total. The maximum absolute atomic E-state index is 12.8. The highest BCUT2D eigenvalue weighted by molar-refractivity contribution is 7.88. The number of amides is 1. The number of hydrogen-bond acceptors (Lipinski definition) is 3. The molecule has 0 spiro atoms. The highest BCUT2D eigenvalue weighted by Crippen LogP contribution is 2.15. The lowest BCUT2D eigenvalue weighted by atomic mass is 10.0. The van der Waals surface area contributed by atoms with Crippen molar-refractivity contribution in [2.45, 2.75) is 51.3 Å². The van der Waals surface area contributed by atoms with Crippen LogP contribution in [-0.4, -0.2) is 38.4 Å². The molecule has 0 saturated carbocycles. The second-order valence-electron chi connectivity index (χ2n) is 6.93. The number of nitrogens with zero attached hydrogens (tertiary/aromatic N) is 1. The normalized spacial score (nSPS) is 17.0. The summed E-state index contributed by atoms with van der Waals surface area (Å²) in [5, 5.41) is 0. The van der Waals surface area contributed by atoms with Crippen molar-refractivity contribution in [3.8, 4) is 0 Å². The van der Waals surface area contributed by atoms with Crippen LogP contribution in [0.2, 0.25) is 0 Å². The van der Waals surface area contributed by atoms with E-state index in [0.717, 1.165) is 37.9 Å². The van der Waals surface area contributed by atoms with Gasteiger partial charge in [0.25, 0.3) is 0 Å². The summed E-state index contributed by atoms with van der Waals surface area (Å²) in [5.41, 5.74) is 0.721. The van der Waals surface area contributed by atoms with Crippen LogP contribution in [0, 0.1) is 5.92 Å². The molecule has 1 aliphatic rings. The molecule has 6 heteroatoms. The highest BCUT2D eigenvalue weighted by atomic mass is 32.2. The molecule has 1 amide bonds. The van der Waals surface area contributed by atoms with E-state index >= 15 is 0 Å². The summed E-state index contributed by atoms with van der Waals surface area (Å²) in [6.45, 7) is 5.46. The van der Waals surface area contributed by atoms with Crippen LogP contribution in [0.25, 0.3) is 0 Å². The van der Waals surface area contributed by atoms with Gasteiger partial charge in [0.05, 0.1) is 5.75 Å². The SMILES string of the molecule is CC(C)C[C@H](NS(=O)(=O)Cc1ccccc1)C(=O)N1CCCCC1. The highest BCUT2D eigenvalue weighted by Gasteiger charge is 2.29. The Kier molecular flexibility index (Phi) is 6.80. The van der Waals surface area contributed by atoms with Crippen LogP contribution in [0.1, 0.15) is 45.1 Å². The van der Waals surface area contributed by atoms with E-state index in [1.807, 2.05) is 36.9 Å². The molecular formula is C18H28N2O3S. The molecule has 134 valence electrons. The maximum atomic E-state index is 12.8. The lowest BCUT2D eigenvalue weighted by Crippen LogP contribution is -2.50.